The van der Waals surface area contributed by atoms with E-state index in [1.165, 1.54) is 6.20 Å². The molecular weight excluding hydrogens is 352 g/mol. The first kappa shape index (κ1) is 19.4. The molecular formula is C22H24N4O2. The van der Waals surface area contributed by atoms with Gasteiger partial charge in [0.2, 0.25) is 5.91 Å². The third-order valence-electron chi connectivity index (χ3n) is 4.38. The van der Waals surface area contributed by atoms with Gasteiger partial charge in [-0.25, -0.2) is 4.68 Å². The van der Waals surface area contributed by atoms with Crippen molar-refractivity contribution in [1.82, 2.24) is 14.7 Å². The lowest BCUT2D eigenvalue weighted by Gasteiger charge is -2.21. The summed E-state index contributed by atoms with van der Waals surface area (Å²) in [6, 6.07) is 17.2. The lowest BCUT2D eigenvalue weighted by atomic mass is 10.2. The molecule has 6 nitrogen and oxygen atoms in total. The van der Waals surface area contributed by atoms with Crippen molar-refractivity contribution in [3.63, 3.8) is 0 Å². The standard InChI is InChI=1S/C22H24N4O2/c1-3-13-25(16-21(27)24-20-12-8-7-9-17(20)2)22(28)18-14-23-26(15-18)19-10-5-4-6-11-19/h4-12,14-15H,3,13,16H2,1-2H3,(H,24,27). The van der Waals surface area contributed by atoms with Crippen LogP contribution in [0.3, 0.4) is 0 Å². The van der Waals surface area contributed by atoms with Crippen LogP contribution in [0.5, 0.6) is 0 Å². The fraction of sp³-hybridized carbons (Fsp3) is 0.227. The first-order valence-electron chi connectivity index (χ1n) is 9.33. The van der Waals surface area contributed by atoms with Crippen molar-refractivity contribution in [3.05, 3.63) is 78.1 Å². The highest BCUT2D eigenvalue weighted by Crippen LogP contribution is 2.14. The second kappa shape index (κ2) is 8.99. The van der Waals surface area contributed by atoms with Gasteiger partial charge in [0.25, 0.3) is 5.91 Å². The van der Waals surface area contributed by atoms with Gasteiger partial charge in [0, 0.05) is 18.4 Å². The molecule has 2 aromatic carbocycles. The number of carbonyl (C=O) groups excluding carboxylic acids is 2. The summed E-state index contributed by atoms with van der Waals surface area (Å²) in [5, 5.41) is 7.16. The van der Waals surface area contributed by atoms with Crippen molar-refractivity contribution < 1.29 is 9.59 Å². The topological polar surface area (TPSA) is 67.2 Å². The molecule has 144 valence electrons. The van der Waals surface area contributed by atoms with Crippen molar-refractivity contribution in [1.29, 1.82) is 0 Å². The first-order valence-corrected chi connectivity index (χ1v) is 9.33. The van der Waals surface area contributed by atoms with Crippen LogP contribution in [0.25, 0.3) is 5.69 Å². The molecule has 0 unspecified atom stereocenters. The molecule has 0 aliphatic carbocycles. The molecule has 3 rings (SSSR count). The third-order valence-corrected chi connectivity index (χ3v) is 4.38. The minimum atomic E-state index is -0.216. The van der Waals surface area contributed by atoms with Crippen LogP contribution in [0, 0.1) is 6.92 Å². The number of aromatic nitrogens is 2. The predicted molar refractivity (Wildman–Crippen MR) is 110 cm³/mol. The van der Waals surface area contributed by atoms with E-state index in [-0.39, 0.29) is 18.4 Å². The molecule has 1 heterocycles. The molecule has 0 aliphatic rings. The normalized spacial score (nSPS) is 10.5. The Bertz CT molecular complexity index is 950. The fourth-order valence-electron chi connectivity index (χ4n) is 2.94. The molecule has 2 amide bonds. The maximum atomic E-state index is 12.9. The van der Waals surface area contributed by atoms with E-state index in [4.69, 9.17) is 0 Å². The van der Waals surface area contributed by atoms with Crippen molar-refractivity contribution in [2.75, 3.05) is 18.4 Å². The maximum absolute atomic E-state index is 12.9. The van der Waals surface area contributed by atoms with Gasteiger partial charge in [-0.3, -0.25) is 9.59 Å². The lowest BCUT2D eigenvalue weighted by Crippen LogP contribution is -2.38. The van der Waals surface area contributed by atoms with Gasteiger partial charge in [-0.05, 0) is 37.1 Å². The molecule has 0 saturated carbocycles. The second-order valence-corrected chi connectivity index (χ2v) is 6.60. The monoisotopic (exact) mass is 376 g/mol. The zero-order valence-electron chi connectivity index (χ0n) is 16.1. The van der Waals surface area contributed by atoms with Crippen molar-refractivity contribution in [2.45, 2.75) is 20.3 Å². The Morgan fingerprint density at radius 3 is 2.50 bits per heavy atom. The predicted octanol–water partition coefficient (Wildman–Crippen LogP) is 3.67. The zero-order valence-corrected chi connectivity index (χ0v) is 16.1. The van der Waals surface area contributed by atoms with Gasteiger partial charge in [-0.1, -0.05) is 43.3 Å². The van der Waals surface area contributed by atoms with E-state index in [1.54, 1.807) is 15.8 Å². The molecule has 28 heavy (non-hydrogen) atoms. The van der Waals surface area contributed by atoms with Gasteiger partial charge in [0.1, 0.15) is 6.54 Å². The van der Waals surface area contributed by atoms with E-state index in [0.29, 0.717) is 12.1 Å². The molecule has 0 bridgehead atoms. The summed E-state index contributed by atoms with van der Waals surface area (Å²) in [6.45, 7) is 4.41. The summed E-state index contributed by atoms with van der Waals surface area (Å²) >= 11 is 0. The molecule has 0 aliphatic heterocycles. The van der Waals surface area contributed by atoms with Crippen molar-refractivity contribution in [2.24, 2.45) is 0 Å². The third kappa shape index (κ3) is 4.65. The number of nitrogens with zero attached hydrogens (tertiary/aromatic N) is 3. The van der Waals surface area contributed by atoms with E-state index in [2.05, 4.69) is 10.4 Å². The van der Waals surface area contributed by atoms with E-state index in [0.717, 1.165) is 23.4 Å². The number of hydrogen-bond donors (Lipinski definition) is 1. The summed E-state index contributed by atoms with van der Waals surface area (Å²) in [5.41, 5.74) is 3.07. The van der Waals surface area contributed by atoms with Gasteiger partial charge < -0.3 is 10.2 Å². The highest BCUT2D eigenvalue weighted by atomic mass is 16.2. The van der Waals surface area contributed by atoms with Crippen LogP contribution in [0.1, 0.15) is 29.3 Å². The van der Waals surface area contributed by atoms with E-state index >= 15 is 0 Å². The SMILES string of the molecule is CCCN(CC(=O)Nc1ccccc1C)C(=O)c1cnn(-c2ccccc2)c1. The average Bonchev–Trinajstić information content (AvgIpc) is 3.20. The minimum Gasteiger partial charge on any atom is -0.329 e. The van der Waals surface area contributed by atoms with Crippen LogP contribution in [-0.4, -0.2) is 39.6 Å². The van der Waals surface area contributed by atoms with Crippen molar-refractivity contribution in [3.8, 4) is 5.69 Å². The molecule has 1 N–H and O–H groups in total. The smallest absolute Gasteiger partial charge is 0.257 e. The molecule has 0 radical (unpaired) electrons. The molecule has 0 spiro atoms. The summed E-state index contributed by atoms with van der Waals surface area (Å²) in [4.78, 5) is 27.0. The highest BCUT2D eigenvalue weighted by Gasteiger charge is 2.20. The largest absolute Gasteiger partial charge is 0.329 e. The van der Waals surface area contributed by atoms with Gasteiger partial charge in [0.15, 0.2) is 0 Å². The van der Waals surface area contributed by atoms with Gasteiger partial charge in [-0.15, -0.1) is 0 Å². The summed E-state index contributed by atoms with van der Waals surface area (Å²) in [7, 11) is 0. The van der Waals surface area contributed by atoms with E-state index in [9.17, 15) is 9.59 Å². The van der Waals surface area contributed by atoms with E-state index < -0.39 is 0 Å². The molecule has 0 atom stereocenters. The quantitative estimate of drug-likeness (QED) is 0.684. The van der Waals surface area contributed by atoms with Crippen LogP contribution in [0.2, 0.25) is 0 Å². The Kier molecular flexibility index (Phi) is 6.22. The molecule has 0 saturated heterocycles. The van der Waals surface area contributed by atoms with Crippen LogP contribution in [-0.2, 0) is 4.79 Å². The van der Waals surface area contributed by atoms with Crippen molar-refractivity contribution >= 4 is 17.5 Å². The molecule has 6 heteroatoms. The number of aryl methyl sites for hydroxylation is 1. The average molecular weight is 376 g/mol. The first-order chi connectivity index (χ1) is 13.6. The molecule has 1 aromatic heterocycles. The van der Waals surface area contributed by atoms with Gasteiger partial charge in [0.05, 0.1) is 17.4 Å². The van der Waals surface area contributed by atoms with Gasteiger partial charge >= 0.3 is 0 Å². The van der Waals surface area contributed by atoms with Gasteiger partial charge in [-0.2, -0.15) is 5.10 Å². The summed E-state index contributed by atoms with van der Waals surface area (Å²) in [6.07, 6.45) is 3.99. The van der Waals surface area contributed by atoms with Crippen LogP contribution in [0.4, 0.5) is 5.69 Å². The highest BCUT2D eigenvalue weighted by molar-refractivity contribution is 5.99. The van der Waals surface area contributed by atoms with Crippen LogP contribution < -0.4 is 5.32 Å². The molecule has 0 fully saturated rings. The Morgan fingerprint density at radius 2 is 1.79 bits per heavy atom. The number of benzene rings is 2. The number of rotatable bonds is 7. The van der Waals surface area contributed by atoms with Crippen LogP contribution >= 0.6 is 0 Å². The number of nitrogens with one attached hydrogen (secondary N) is 1. The zero-order chi connectivity index (χ0) is 19.9. The Balaban J connectivity index is 1.71. The number of amides is 2. The van der Waals surface area contributed by atoms with E-state index in [1.807, 2.05) is 68.4 Å². The number of carbonyl (C=O) groups is 2. The summed E-state index contributed by atoms with van der Waals surface area (Å²) < 4.78 is 1.66. The molecule has 3 aromatic rings. The maximum Gasteiger partial charge on any atom is 0.257 e. The Morgan fingerprint density at radius 1 is 1.07 bits per heavy atom. The lowest BCUT2D eigenvalue weighted by molar-refractivity contribution is -0.116. The second-order valence-electron chi connectivity index (χ2n) is 6.60. The number of para-hydroxylation sites is 2. The van der Waals surface area contributed by atoms with Crippen LogP contribution in [0.15, 0.2) is 67.0 Å². The number of hydrogen-bond acceptors (Lipinski definition) is 3. The Hall–Kier alpha value is -3.41. The number of anilines is 1. The minimum absolute atomic E-state index is 0.00246. The summed E-state index contributed by atoms with van der Waals surface area (Å²) in [5.74, 6) is -0.421. The Labute approximate surface area is 164 Å². The fourth-order valence-corrected chi connectivity index (χ4v) is 2.94.